The number of aromatic nitrogens is 1. The van der Waals surface area contributed by atoms with Crippen molar-refractivity contribution in [3.63, 3.8) is 0 Å². The summed E-state index contributed by atoms with van der Waals surface area (Å²) < 4.78 is 5.34. The second-order valence-electron chi connectivity index (χ2n) is 7.29. The van der Waals surface area contributed by atoms with E-state index in [1.165, 1.54) is 18.2 Å². The third-order valence-electron chi connectivity index (χ3n) is 5.15. The minimum absolute atomic E-state index is 0.0907. The molecule has 0 unspecified atom stereocenters. The average Bonchev–Trinajstić information content (AvgIpc) is 2.82. The molecule has 8 heteroatoms. The van der Waals surface area contributed by atoms with Gasteiger partial charge in [-0.15, -0.1) is 0 Å². The molecule has 0 N–H and O–H groups in total. The maximum absolute atomic E-state index is 13.1. The summed E-state index contributed by atoms with van der Waals surface area (Å²) in [6.45, 7) is 1.21. The summed E-state index contributed by atoms with van der Waals surface area (Å²) in [5.74, 6) is -1.23. The Hall–Kier alpha value is -4.10. The number of esters is 1. The molecule has 0 radical (unpaired) electrons. The first kappa shape index (κ1) is 22.1. The number of nitro groups is 1. The molecule has 1 heterocycles. The lowest BCUT2D eigenvalue weighted by Crippen LogP contribution is -2.16. The first-order valence-electron chi connectivity index (χ1n) is 9.95. The molecule has 164 valence electrons. The van der Waals surface area contributed by atoms with Crippen molar-refractivity contribution in [2.24, 2.45) is 0 Å². The smallest absolute Gasteiger partial charge is 0.339 e. The van der Waals surface area contributed by atoms with Gasteiger partial charge < -0.3 is 4.74 Å². The average molecular weight is 461 g/mol. The number of non-ortho nitro benzene ring substituents is 1. The van der Waals surface area contributed by atoms with Gasteiger partial charge in [0.25, 0.3) is 5.69 Å². The van der Waals surface area contributed by atoms with Gasteiger partial charge in [0.15, 0.2) is 6.61 Å². The van der Waals surface area contributed by atoms with Crippen LogP contribution in [0.5, 0.6) is 0 Å². The molecule has 0 aliphatic rings. The number of Topliss-reactive ketones (excluding diaryl/α,β-unsaturated/α-hetero) is 1. The van der Waals surface area contributed by atoms with E-state index in [1.807, 2.05) is 12.1 Å². The maximum Gasteiger partial charge on any atom is 0.339 e. The highest BCUT2D eigenvalue weighted by Gasteiger charge is 2.21. The second-order valence-corrected chi connectivity index (χ2v) is 7.73. The van der Waals surface area contributed by atoms with Gasteiger partial charge in [-0.3, -0.25) is 14.9 Å². The van der Waals surface area contributed by atoms with Gasteiger partial charge in [-0.05, 0) is 30.7 Å². The normalized spacial score (nSPS) is 10.7. The number of benzene rings is 3. The number of ketones is 1. The summed E-state index contributed by atoms with van der Waals surface area (Å²) >= 11 is 6.14. The van der Waals surface area contributed by atoms with Crippen LogP contribution in [0, 0.1) is 17.0 Å². The Morgan fingerprint density at radius 1 is 1.03 bits per heavy atom. The van der Waals surface area contributed by atoms with Gasteiger partial charge in [-0.2, -0.15) is 0 Å². The zero-order valence-electron chi connectivity index (χ0n) is 17.4. The van der Waals surface area contributed by atoms with Crippen LogP contribution in [0.15, 0.2) is 72.8 Å². The number of carbonyl (C=O) groups excluding carboxylic acids is 2. The van der Waals surface area contributed by atoms with Crippen LogP contribution in [-0.4, -0.2) is 28.3 Å². The minimum Gasteiger partial charge on any atom is -0.454 e. The molecule has 7 nitrogen and oxygen atoms in total. The Kier molecular flexibility index (Phi) is 6.15. The molecule has 1 aromatic heterocycles. The first-order chi connectivity index (χ1) is 15.8. The van der Waals surface area contributed by atoms with E-state index in [9.17, 15) is 19.7 Å². The third kappa shape index (κ3) is 4.58. The summed E-state index contributed by atoms with van der Waals surface area (Å²) in [4.78, 5) is 40.7. The van der Waals surface area contributed by atoms with Gasteiger partial charge in [0, 0.05) is 33.7 Å². The number of fused-ring (bicyclic) bond motifs is 1. The number of nitrogens with zero attached hydrogens (tertiary/aromatic N) is 2. The van der Waals surface area contributed by atoms with E-state index in [1.54, 1.807) is 43.3 Å². The molecule has 0 amide bonds. The zero-order chi connectivity index (χ0) is 23.5. The first-order valence-corrected chi connectivity index (χ1v) is 10.3. The Balaban J connectivity index is 1.68. The Morgan fingerprint density at radius 3 is 2.55 bits per heavy atom. The van der Waals surface area contributed by atoms with Crippen LogP contribution in [0.2, 0.25) is 5.02 Å². The van der Waals surface area contributed by atoms with Crippen LogP contribution in [0.4, 0.5) is 5.69 Å². The number of rotatable bonds is 6. The number of nitro benzene ring substituents is 1. The fraction of sp³-hybridized carbons (Fsp3) is 0.0800. The van der Waals surface area contributed by atoms with Crippen LogP contribution in [-0.2, 0) is 4.74 Å². The van der Waals surface area contributed by atoms with Crippen LogP contribution >= 0.6 is 11.6 Å². The van der Waals surface area contributed by atoms with Gasteiger partial charge in [0.1, 0.15) is 0 Å². The summed E-state index contributed by atoms with van der Waals surface area (Å²) in [7, 11) is 0. The molecule has 4 aromatic rings. The second kappa shape index (κ2) is 9.18. The van der Waals surface area contributed by atoms with E-state index < -0.39 is 23.3 Å². The highest BCUT2D eigenvalue weighted by molar-refractivity contribution is 6.30. The molecule has 33 heavy (non-hydrogen) atoms. The van der Waals surface area contributed by atoms with Crippen LogP contribution in [0.25, 0.3) is 22.2 Å². The lowest BCUT2D eigenvalue weighted by Gasteiger charge is -2.14. The Bertz CT molecular complexity index is 1420. The lowest BCUT2D eigenvalue weighted by atomic mass is 9.98. The van der Waals surface area contributed by atoms with Crippen molar-refractivity contribution in [2.45, 2.75) is 6.92 Å². The fourth-order valence-corrected chi connectivity index (χ4v) is 3.76. The number of hydrogen-bond acceptors (Lipinski definition) is 6. The molecule has 0 fully saturated rings. The Morgan fingerprint density at radius 2 is 1.79 bits per heavy atom. The molecule has 0 aliphatic heterocycles. The number of ether oxygens (including phenoxy) is 1. The van der Waals surface area contributed by atoms with Crippen molar-refractivity contribution < 1.29 is 19.2 Å². The van der Waals surface area contributed by atoms with Crippen molar-refractivity contribution in [2.75, 3.05) is 6.61 Å². The highest BCUT2D eigenvalue weighted by atomic mass is 35.5. The molecular weight excluding hydrogens is 444 g/mol. The van der Waals surface area contributed by atoms with E-state index >= 15 is 0 Å². The van der Waals surface area contributed by atoms with Crippen molar-refractivity contribution in [3.8, 4) is 11.3 Å². The number of hydrogen-bond donors (Lipinski definition) is 0. The number of para-hydroxylation sites is 1. The Labute approximate surface area is 193 Å². The summed E-state index contributed by atoms with van der Waals surface area (Å²) in [5, 5.41) is 12.1. The summed E-state index contributed by atoms with van der Waals surface area (Å²) in [6.07, 6.45) is 0. The van der Waals surface area contributed by atoms with Crippen LogP contribution in [0.3, 0.4) is 0 Å². The van der Waals surface area contributed by atoms with Crippen LogP contribution < -0.4 is 0 Å². The van der Waals surface area contributed by atoms with E-state index in [0.29, 0.717) is 32.7 Å². The van der Waals surface area contributed by atoms with E-state index in [4.69, 9.17) is 21.3 Å². The van der Waals surface area contributed by atoms with E-state index in [-0.39, 0.29) is 11.3 Å². The predicted octanol–water partition coefficient (Wildman–Crippen LogP) is 5.81. The molecule has 3 aromatic carbocycles. The summed E-state index contributed by atoms with van der Waals surface area (Å²) in [6, 6.07) is 19.6. The van der Waals surface area contributed by atoms with Gasteiger partial charge >= 0.3 is 5.97 Å². The van der Waals surface area contributed by atoms with Gasteiger partial charge in [-0.25, -0.2) is 9.78 Å². The quantitative estimate of drug-likeness (QED) is 0.156. The van der Waals surface area contributed by atoms with Crippen molar-refractivity contribution in [1.82, 2.24) is 4.98 Å². The maximum atomic E-state index is 13.1. The van der Waals surface area contributed by atoms with E-state index in [0.717, 1.165) is 11.6 Å². The molecule has 0 saturated heterocycles. The zero-order valence-corrected chi connectivity index (χ0v) is 18.2. The third-order valence-corrected chi connectivity index (χ3v) is 5.39. The fourth-order valence-electron chi connectivity index (χ4n) is 3.57. The SMILES string of the molecule is Cc1c(-c2cccc(Cl)c2)nc2ccccc2c1C(=O)OCC(=O)c1cccc([N+](=O)[O-])c1. The lowest BCUT2D eigenvalue weighted by molar-refractivity contribution is -0.384. The minimum atomic E-state index is -0.687. The van der Waals surface area contributed by atoms with Crippen LogP contribution in [0.1, 0.15) is 26.3 Å². The number of carbonyl (C=O) groups is 2. The van der Waals surface area contributed by atoms with Crippen molar-refractivity contribution in [1.29, 1.82) is 0 Å². The molecular formula is C25H17ClN2O5. The number of halogens is 1. The summed E-state index contributed by atoms with van der Waals surface area (Å²) in [5.41, 5.74) is 2.67. The standard InChI is InChI=1S/C25H17ClN2O5/c1-15-23(25(30)33-14-22(29)16-6-5-9-19(13-16)28(31)32)20-10-2-3-11-21(20)27-24(15)17-7-4-8-18(26)12-17/h2-13H,14H2,1H3. The van der Waals surface area contributed by atoms with Gasteiger partial charge in [-0.1, -0.05) is 54.1 Å². The highest BCUT2D eigenvalue weighted by Crippen LogP contribution is 2.31. The molecule has 0 aliphatic carbocycles. The monoisotopic (exact) mass is 460 g/mol. The molecule has 0 spiro atoms. The molecule has 0 bridgehead atoms. The number of pyridine rings is 1. The van der Waals surface area contributed by atoms with E-state index in [2.05, 4.69) is 0 Å². The molecule has 0 atom stereocenters. The van der Waals surface area contributed by atoms with Gasteiger partial charge in [0.2, 0.25) is 5.78 Å². The predicted molar refractivity (Wildman–Crippen MR) is 125 cm³/mol. The largest absolute Gasteiger partial charge is 0.454 e. The van der Waals surface area contributed by atoms with Gasteiger partial charge in [0.05, 0.1) is 21.7 Å². The molecule has 0 saturated carbocycles. The van der Waals surface area contributed by atoms with Crippen molar-refractivity contribution in [3.05, 3.63) is 105 Å². The topological polar surface area (TPSA) is 99.4 Å². The van der Waals surface area contributed by atoms with Crippen molar-refractivity contribution >= 4 is 39.9 Å². The molecule has 4 rings (SSSR count).